The van der Waals surface area contributed by atoms with Gasteiger partial charge >= 0.3 is 0 Å². The molecule has 3 heterocycles. The number of nitrogens with zero attached hydrogens (tertiary/aromatic N) is 4. The van der Waals surface area contributed by atoms with Crippen molar-refractivity contribution in [2.24, 2.45) is 0 Å². The predicted octanol–water partition coefficient (Wildman–Crippen LogP) is 1.43. The van der Waals surface area contributed by atoms with E-state index in [1.54, 1.807) is 6.20 Å². The molecular formula is C14H23N5O2. The van der Waals surface area contributed by atoms with Crippen molar-refractivity contribution in [1.29, 1.82) is 0 Å². The Bertz CT molecular complexity index is 454. The van der Waals surface area contributed by atoms with Crippen LogP contribution in [0.4, 0.5) is 11.8 Å². The van der Waals surface area contributed by atoms with Gasteiger partial charge in [0.05, 0.1) is 19.4 Å². The first-order chi connectivity index (χ1) is 10.3. The fourth-order valence-electron chi connectivity index (χ4n) is 2.74. The largest absolute Gasteiger partial charge is 0.369 e. The number of piperidine rings is 1. The van der Waals surface area contributed by atoms with Crippen molar-refractivity contribution in [2.75, 3.05) is 43.1 Å². The highest BCUT2D eigenvalue weighted by Gasteiger charge is 2.40. The molecule has 1 aromatic rings. The summed E-state index contributed by atoms with van der Waals surface area (Å²) in [6, 6.07) is 0. The topological polar surface area (TPSA) is 72.4 Å². The van der Waals surface area contributed by atoms with Crippen LogP contribution in [-0.2, 0) is 9.47 Å². The molecule has 2 fully saturated rings. The van der Waals surface area contributed by atoms with Crippen LogP contribution in [0, 0.1) is 0 Å². The van der Waals surface area contributed by atoms with Crippen molar-refractivity contribution < 1.29 is 9.47 Å². The molecule has 0 saturated carbocycles. The molecule has 2 aliphatic heterocycles. The van der Waals surface area contributed by atoms with Crippen molar-refractivity contribution in [3.63, 3.8) is 0 Å². The van der Waals surface area contributed by atoms with Gasteiger partial charge in [0.1, 0.15) is 0 Å². The summed E-state index contributed by atoms with van der Waals surface area (Å²) in [4.78, 5) is 6.69. The SMILES string of the molecule is CCCCNc1cnnc(N2CCC3(CC2)OCCO3)n1. The monoisotopic (exact) mass is 293 g/mol. The summed E-state index contributed by atoms with van der Waals surface area (Å²) in [6.07, 6.45) is 5.66. The van der Waals surface area contributed by atoms with Gasteiger partial charge in [0.2, 0.25) is 5.95 Å². The molecule has 21 heavy (non-hydrogen) atoms. The van der Waals surface area contributed by atoms with Crippen molar-refractivity contribution >= 4 is 11.8 Å². The van der Waals surface area contributed by atoms with Crippen molar-refractivity contribution in [3.05, 3.63) is 6.20 Å². The maximum atomic E-state index is 5.74. The zero-order valence-electron chi connectivity index (χ0n) is 12.5. The lowest BCUT2D eigenvalue weighted by Crippen LogP contribution is -2.45. The van der Waals surface area contributed by atoms with E-state index in [9.17, 15) is 0 Å². The highest BCUT2D eigenvalue weighted by atomic mass is 16.7. The van der Waals surface area contributed by atoms with Gasteiger partial charge in [-0.1, -0.05) is 13.3 Å². The average Bonchev–Trinajstić information content (AvgIpc) is 2.97. The molecule has 7 heteroatoms. The van der Waals surface area contributed by atoms with Gasteiger partial charge in [0.15, 0.2) is 11.6 Å². The molecule has 0 radical (unpaired) electrons. The van der Waals surface area contributed by atoms with Gasteiger partial charge in [-0.15, -0.1) is 5.10 Å². The van der Waals surface area contributed by atoms with Crippen LogP contribution in [0.3, 0.4) is 0 Å². The summed E-state index contributed by atoms with van der Waals surface area (Å²) in [5.74, 6) is 1.12. The molecule has 0 aliphatic carbocycles. The van der Waals surface area contributed by atoms with Crippen LogP contribution in [0.5, 0.6) is 0 Å². The minimum atomic E-state index is -0.360. The van der Waals surface area contributed by atoms with Gasteiger partial charge in [0.25, 0.3) is 0 Å². The molecule has 7 nitrogen and oxygen atoms in total. The second-order valence-corrected chi connectivity index (χ2v) is 5.52. The van der Waals surface area contributed by atoms with Crippen LogP contribution < -0.4 is 10.2 Å². The zero-order chi connectivity index (χ0) is 14.5. The van der Waals surface area contributed by atoms with E-state index in [1.807, 2.05) is 0 Å². The van der Waals surface area contributed by atoms with Crippen molar-refractivity contribution in [2.45, 2.75) is 38.4 Å². The molecule has 1 N–H and O–H groups in total. The summed E-state index contributed by atoms with van der Waals surface area (Å²) < 4.78 is 11.5. The molecule has 1 aromatic heterocycles. The van der Waals surface area contributed by atoms with Gasteiger partial charge in [0, 0.05) is 32.5 Å². The van der Waals surface area contributed by atoms with Gasteiger partial charge in [-0.2, -0.15) is 10.1 Å². The summed E-state index contributed by atoms with van der Waals surface area (Å²) in [6.45, 7) is 6.16. The molecule has 0 unspecified atom stereocenters. The average molecular weight is 293 g/mol. The number of ether oxygens (including phenoxy) is 2. The van der Waals surface area contributed by atoms with E-state index >= 15 is 0 Å². The second-order valence-electron chi connectivity index (χ2n) is 5.52. The molecule has 2 saturated heterocycles. The minimum absolute atomic E-state index is 0.360. The number of hydrogen-bond acceptors (Lipinski definition) is 7. The van der Waals surface area contributed by atoms with E-state index in [1.165, 1.54) is 0 Å². The number of hydrogen-bond donors (Lipinski definition) is 1. The number of aromatic nitrogens is 3. The molecule has 1 spiro atoms. The minimum Gasteiger partial charge on any atom is -0.369 e. The fraction of sp³-hybridized carbons (Fsp3) is 0.786. The standard InChI is InChI=1S/C14H23N5O2/c1-2-3-6-15-12-11-16-18-13(17-12)19-7-4-14(5-8-19)20-9-10-21-14/h11H,2-10H2,1H3,(H,15,17,18). The number of unbranched alkanes of at least 4 members (excludes halogenated alkanes) is 1. The van der Waals surface area contributed by atoms with Crippen LogP contribution in [0.2, 0.25) is 0 Å². The first-order valence-corrected chi connectivity index (χ1v) is 7.78. The molecule has 116 valence electrons. The third-order valence-corrected chi connectivity index (χ3v) is 4.01. The van der Waals surface area contributed by atoms with Crippen molar-refractivity contribution in [1.82, 2.24) is 15.2 Å². The first-order valence-electron chi connectivity index (χ1n) is 7.78. The Morgan fingerprint density at radius 2 is 2.05 bits per heavy atom. The lowest BCUT2D eigenvalue weighted by Gasteiger charge is -2.37. The summed E-state index contributed by atoms with van der Waals surface area (Å²) in [5, 5.41) is 11.5. The Morgan fingerprint density at radius 1 is 1.29 bits per heavy atom. The number of anilines is 2. The van der Waals surface area contributed by atoms with Crippen LogP contribution in [0.15, 0.2) is 6.20 Å². The van der Waals surface area contributed by atoms with Crippen molar-refractivity contribution in [3.8, 4) is 0 Å². The van der Waals surface area contributed by atoms with Gasteiger partial charge in [-0.25, -0.2) is 0 Å². The van der Waals surface area contributed by atoms with E-state index in [2.05, 4.69) is 32.3 Å². The summed E-state index contributed by atoms with van der Waals surface area (Å²) >= 11 is 0. The summed E-state index contributed by atoms with van der Waals surface area (Å²) in [7, 11) is 0. The second kappa shape index (κ2) is 6.53. The lowest BCUT2D eigenvalue weighted by atomic mass is 10.0. The molecule has 3 rings (SSSR count). The normalized spacial score (nSPS) is 20.9. The molecular weight excluding hydrogens is 270 g/mol. The third kappa shape index (κ3) is 3.41. The molecule has 0 amide bonds. The lowest BCUT2D eigenvalue weighted by molar-refractivity contribution is -0.169. The number of nitrogens with one attached hydrogen (secondary N) is 1. The quantitative estimate of drug-likeness (QED) is 0.823. The van der Waals surface area contributed by atoms with E-state index in [-0.39, 0.29) is 5.79 Å². The van der Waals surface area contributed by atoms with Gasteiger partial charge in [-0.3, -0.25) is 0 Å². The van der Waals surface area contributed by atoms with Crippen LogP contribution in [-0.4, -0.2) is 53.8 Å². The maximum absolute atomic E-state index is 5.74. The fourth-order valence-corrected chi connectivity index (χ4v) is 2.74. The molecule has 0 bridgehead atoms. The van der Waals surface area contributed by atoms with Gasteiger partial charge in [-0.05, 0) is 6.42 Å². The zero-order valence-corrected chi connectivity index (χ0v) is 12.5. The molecule has 0 atom stereocenters. The van der Waals surface area contributed by atoms with E-state index in [0.29, 0.717) is 19.2 Å². The highest BCUT2D eigenvalue weighted by Crippen LogP contribution is 2.32. The third-order valence-electron chi connectivity index (χ3n) is 4.01. The van der Waals surface area contributed by atoms with Gasteiger partial charge < -0.3 is 19.7 Å². The Balaban J connectivity index is 1.58. The Morgan fingerprint density at radius 3 is 2.76 bits per heavy atom. The first kappa shape index (κ1) is 14.5. The number of rotatable bonds is 5. The summed E-state index contributed by atoms with van der Waals surface area (Å²) in [5.41, 5.74) is 0. The Labute approximate surface area is 125 Å². The highest BCUT2D eigenvalue weighted by molar-refractivity contribution is 5.39. The van der Waals surface area contributed by atoms with Crippen LogP contribution >= 0.6 is 0 Å². The smallest absolute Gasteiger partial charge is 0.247 e. The maximum Gasteiger partial charge on any atom is 0.247 e. The Kier molecular flexibility index (Phi) is 4.50. The van der Waals surface area contributed by atoms with Crippen LogP contribution in [0.1, 0.15) is 32.6 Å². The van der Waals surface area contributed by atoms with Crippen LogP contribution in [0.25, 0.3) is 0 Å². The Hall–Kier alpha value is -1.47. The molecule has 2 aliphatic rings. The predicted molar refractivity (Wildman–Crippen MR) is 79.3 cm³/mol. The van der Waals surface area contributed by atoms with E-state index in [0.717, 1.165) is 51.1 Å². The molecule has 0 aromatic carbocycles. The van der Waals surface area contributed by atoms with E-state index in [4.69, 9.17) is 9.47 Å². The van der Waals surface area contributed by atoms with E-state index < -0.39 is 0 Å².